The van der Waals surface area contributed by atoms with Gasteiger partial charge in [0.25, 0.3) is 5.96 Å². The zero-order chi connectivity index (χ0) is 18.2. The van der Waals surface area contributed by atoms with Gasteiger partial charge >= 0.3 is 5.97 Å². The van der Waals surface area contributed by atoms with Crippen molar-refractivity contribution in [1.29, 1.82) is 0 Å². The van der Waals surface area contributed by atoms with Crippen LogP contribution in [0.4, 0.5) is 5.69 Å². The van der Waals surface area contributed by atoms with Crippen molar-refractivity contribution in [2.75, 3.05) is 19.6 Å². The molecule has 0 saturated heterocycles. The summed E-state index contributed by atoms with van der Waals surface area (Å²) in [5.74, 6) is 0.843. The molecule has 8 heteroatoms. The number of guanidine groups is 1. The second-order valence-electron chi connectivity index (χ2n) is 6.32. The molecule has 0 amide bonds. The van der Waals surface area contributed by atoms with Crippen LogP contribution in [0.1, 0.15) is 25.7 Å². The Kier molecular flexibility index (Phi) is 9.94. The van der Waals surface area contributed by atoms with Crippen LogP contribution in [-0.2, 0) is 4.79 Å². The Morgan fingerprint density at radius 1 is 1.27 bits per heavy atom. The van der Waals surface area contributed by atoms with Gasteiger partial charge in [-0.3, -0.25) is 4.79 Å². The summed E-state index contributed by atoms with van der Waals surface area (Å²) in [6, 6.07) is 5.45. The molecule has 0 spiro atoms. The zero-order valence-electron chi connectivity index (χ0n) is 15.2. The summed E-state index contributed by atoms with van der Waals surface area (Å²) in [5.41, 5.74) is 4.65. The summed E-state index contributed by atoms with van der Waals surface area (Å²) in [6.07, 6.45) is 3.83. The maximum absolute atomic E-state index is 10.5. The average molecular weight is 404 g/mol. The zero-order valence-corrected chi connectivity index (χ0v) is 16.7. The van der Waals surface area contributed by atoms with Gasteiger partial charge in [-0.15, -0.1) is 0 Å². The van der Waals surface area contributed by atoms with E-state index in [0.717, 1.165) is 57.0 Å². The molecule has 26 heavy (non-hydrogen) atoms. The van der Waals surface area contributed by atoms with E-state index >= 15 is 0 Å². The number of aliphatic carboxylic acids is 1. The van der Waals surface area contributed by atoms with Crippen molar-refractivity contribution in [2.24, 2.45) is 16.8 Å². The van der Waals surface area contributed by atoms with Gasteiger partial charge in [0.1, 0.15) is 10.0 Å². The van der Waals surface area contributed by atoms with Crippen molar-refractivity contribution in [3.63, 3.8) is 0 Å². The summed E-state index contributed by atoms with van der Waals surface area (Å²) >= 11 is 12.0. The third-order valence-electron chi connectivity index (χ3n) is 4.59. The first-order valence-electron chi connectivity index (χ1n) is 8.60. The van der Waals surface area contributed by atoms with Crippen LogP contribution in [0, 0.1) is 19.3 Å². The van der Waals surface area contributed by atoms with Gasteiger partial charge in [-0.2, -0.15) is 0 Å². The number of rotatable bonds is 3. The van der Waals surface area contributed by atoms with Gasteiger partial charge in [0, 0.05) is 12.5 Å². The van der Waals surface area contributed by atoms with E-state index in [1.54, 1.807) is 0 Å². The SMILES string of the molecule is Clc1cccc(Cl)c1[NH2+]C1=NCCN1.[CH3-].[NH3+]CC1CCC(C(=O)O)CC1. The molecule has 6 nitrogen and oxygen atoms in total. The van der Waals surface area contributed by atoms with Crippen molar-refractivity contribution < 1.29 is 21.0 Å². The Balaban J connectivity index is 0.000000258. The summed E-state index contributed by atoms with van der Waals surface area (Å²) < 4.78 is 0. The summed E-state index contributed by atoms with van der Waals surface area (Å²) in [4.78, 5) is 14.8. The standard InChI is InChI=1S/C9H9Cl2N3.C8H15NO2.CH3/c10-6-2-1-3-7(11)8(6)14-9-12-4-5-13-9;9-5-6-1-3-7(4-2-6)8(10)11;/h1-3H,4-5H2,(H2,12,13,14);6-7H,1-5,9H2,(H,10,11);1H3/q;;-1/p+2. The number of carboxylic acids is 1. The Morgan fingerprint density at radius 2 is 1.88 bits per heavy atom. The van der Waals surface area contributed by atoms with Gasteiger partial charge in [-0.05, 0) is 37.8 Å². The highest BCUT2D eigenvalue weighted by molar-refractivity contribution is 6.38. The molecule has 2 aliphatic rings. The number of aliphatic imine (C=N–C) groups is 1. The molecule has 0 unspecified atom stereocenters. The molecule has 1 aliphatic carbocycles. The summed E-state index contributed by atoms with van der Waals surface area (Å²) in [6.45, 7) is 2.66. The van der Waals surface area contributed by atoms with Crippen LogP contribution in [0.25, 0.3) is 0 Å². The molecule has 0 aromatic heterocycles. The molecule has 1 aromatic carbocycles. The van der Waals surface area contributed by atoms with Crippen LogP contribution >= 0.6 is 23.2 Å². The van der Waals surface area contributed by atoms with Crippen LogP contribution in [0.15, 0.2) is 23.2 Å². The number of nitrogens with two attached hydrogens (primary N) is 1. The monoisotopic (exact) mass is 403 g/mol. The van der Waals surface area contributed by atoms with E-state index in [0.29, 0.717) is 16.0 Å². The van der Waals surface area contributed by atoms with Gasteiger partial charge in [-0.1, -0.05) is 29.3 Å². The number of nitrogens with zero attached hydrogens (tertiary/aromatic N) is 1. The number of hydrogen-bond donors (Lipinski definition) is 4. The lowest BCUT2D eigenvalue weighted by molar-refractivity contribution is -0.447. The van der Waals surface area contributed by atoms with Crippen molar-refractivity contribution in [3.05, 3.63) is 35.7 Å². The van der Waals surface area contributed by atoms with E-state index in [-0.39, 0.29) is 13.3 Å². The van der Waals surface area contributed by atoms with E-state index in [4.69, 9.17) is 28.3 Å². The van der Waals surface area contributed by atoms with Crippen LogP contribution in [0.2, 0.25) is 10.0 Å². The molecule has 1 heterocycles. The fourth-order valence-electron chi connectivity index (χ4n) is 3.00. The largest absolute Gasteiger partial charge is 0.481 e. The fourth-order valence-corrected chi connectivity index (χ4v) is 3.50. The van der Waals surface area contributed by atoms with E-state index < -0.39 is 5.97 Å². The quantitative estimate of drug-likeness (QED) is 0.455. The molecule has 7 N–H and O–H groups in total. The number of halogens is 2. The molecule has 146 valence electrons. The number of hydrogen-bond acceptors (Lipinski definition) is 3. The molecule has 1 aromatic rings. The number of para-hydroxylation sites is 1. The molecule has 0 bridgehead atoms. The maximum atomic E-state index is 10.5. The number of quaternary nitrogens is 2. The molecule has 0 radical (unpaired) electrons. The first-order valence-corrected chi connectivity index (χ1v) is 9.36. The molecule has 1 fully saturated rings. The third-order valence-corrected chi connectivity index (χ3v) is 5.24. The Morgan fingerprint density at radius 3 is 2.35 bits per heavy atom. The minimum Gasteiger partial charge on any atom is -0.481 e. The number of carboxylic acid groups (broad SMARTS) is 1. The van der Waals surface area contributed by atoms with Crippen molar-refractivity contribution >= 4 is 40.8 Å². The van der Waals surface area contributed by atoms with Gasteiger partial charge in [0.2, 0.25) is 0 Å². The topological polar surface area (TPSA) is 106 Å². The van der Waals surface area contributed by atoms with E-state index in [1.165, 1.54) is 0 Å². The van der Waals surface area contributed by atoms with Crippen molar-refractivity contribution in [2.45, 2.75) is 25.7 Å². The van der Waals surface area contributed by atoms with Gasteiger partial charge < -0.3 is 23.6 Å². The minimum atomic E-state index is -0.618. The Hall–Kier alpha value is -1.34. The normalized spacial score (nSPS) is 21.6. The predicted octanol–water partition coefficient (Wildman–Crippen LogP) is 1.72. The average Bonchev–Trinajstić information content (AvgIpc) is 3.12. The lowest BCUT2D eigenvalue weighted by atomic mass is 9.82. The first kappa shape index (κ1) is 22.7. The Bertz CT molecular complexity index is 597. The second kappa shape index (κ2) is 11.4. The van der Waals surface area contributed by atoms with Crippen LogP contribution in [-0.4, -0.2) is 36.7 Å². The van der Waals surface area contributed by atoms with Crippen LogP contribution in [0.5, 0.6) is 0 Å². The maximum Gasteiger partial charge on any atom is 0.306 e. The van der Waals surface area contributed by atoms with E-state index in [1.807, 2.05) is 23.5 Å². The Labute approximate surface area is 165 Å². The highest BCUT2D eigenvalue weighted by atomic mass is 35.5. The lowest BCUT2D eigenvalue weighted by Crippen LogP contribution is -2.85. The highest BCUT2D eigenvalue weighted by Gasteiger charge is 2.25. The van der Waals surface area contributed by atoms with E-state index in [9.17, 15) is 4.79 Å². The van der Waals surface area contributed by atoms with Gasteiger partial charge in [0.05, 0.1) is 19.0 Å². The number of benzene rings is 1. The second-order valence-corrected chi connectivity index (χ2v) is 7.13. The van der Waals surface area contributed by atoms with Gasteiger partial charge in [-0.25, -0.2) is 10.3 Å². The highest BCUT2D eigenvalue weighted by Crippen LogP contribution is 2.27. The third kappa shape index (κ3) is 6.76. The molecular formula is C18H29Cl2N4O2+. The number of carbonyl (C=O) groups is 1. The number of nitrogens with one attached hydrogen (secondary N) is 1. The van der Waals surface area contributed by atoms with Crippen molar-refractivity contribution in [3.8, 4) is 0 Å². The molecule has 0 atom stereocenters. The van der Waals surface area contributed by atoms with Crippen molar-refractivity contribution in [1.82, 2.24) is 5.32 Å². The first-order chi connectivity index (χ1) is 12.0. The molecule has 3 rings (SSSR count). The van der Waals surface area contributed by atoms with E-state index in [2.05, 4.69) is 16.0 Å². The smallest absolute Gasteiger partial charge is 0.306 e. The predicted molar refractivity (Wildman–Crippen MR) is 106 cm³/mol. The summed E-state index contributed by atoms with van der Waals surface area (Å²) in [5, 5.41) is 15.0. The fraction of sp³-hybridized carbons (Fsp3) is 0.500. The lowest BCUT2D eigenvalue weighted by Gasteiger charge is -2.23. The van der Waals surface area contributed by atoms with Crippen LogP contribution in [0.3, 0.4) is 0 Å². The molecule has 1 aliphatic heterocycles. The van der Waals surface area contributed by atoms with Gasteiger partial charge in [0.15, 0.2) is 5.69 Å². The minimum absolute atomic E-state index is 0. The molecule has 1 saturated carbocycles. The van der Waals surface area contributed by atoms with Crippen LogP contribution < -0.4 is 16.4 Å². The summed E-state index contributed by atoms with van der Waals surface area (Å²) in [7, 11) is 0. The molecular weight excluding hydrogens is 375 g/mol.